The lowest BCUT2D eigenvalue weighted by Crippen LogP contribution is -2.13. The number of nitrogens with one attached hydrogen (secondary N) is 1. The molecule has 7 nitrogen and oxygen atoms in total. The highest BCUT2D eigenvalue weighted by molar-refractivity contribution is 7.86. The Balaban J connectivity index is 2.13. The second-order valence-electron chi connectivity index (χ2n) is 5.37. The number of amides is 1. The van der Waals surface area contributed by atoms with E-state index in [1.807, 2.05) is 0 Å². The number of fused-ring (bicyclic) bond motifs is 1. The van der Waals surface area contributed by atoms with Crippen LogP contribution in [0.15, 0.2) is 59.5 Å². The molecule has 0 aliphatic rings. The molecule has 1 amide bonds. The van der Waals surface area contributed by atoms with Gasteiger partial charge in [0.05, 0.1) is 5.69 Å². The van der Waals surface area contributed by atoms with Gasteiger partial charge in [0.1, 0.15) is 10.6 Å². The van der Waals surface area contributed by atoms with Crippen LogP contribution in [0.5, 0.6) is 5.75 Å². The Bertz CT molecular complexity index is 1090. The first-order chi connectivity index (χ1) is 11.8. The van der Waals surface area contributed by atoms with Crippen molar-refractivity contribution < 1.29 is 22.9 Å². The zero-order valence-electron chi connectivity index (χ0n) is 12.8. The molecular weight excluding hydrogens is 344 g/mol. The summed E-state index contributed by atoms with van der Waals surface area (Å²) in [5.74, 6) is -0.760. The highest BCUT2D eigenvalue weighted by Crippen LogP contribution is 2.35. The van der Waals surface area contributed by atoms with Crippen molar-refractivity contribution in [2.24, 2.45) is 0 Å². The van der Waals surface area contributed by atoms with Gasteiger partial charge < -0.3 is 16.2 Å². The number of phenols is 1. The van der Waals surface area contributed by atoms with Crippen molar-refractivity contribution >= 4 is 38.2 Å². The fraction of sp³-hybridized carbons (Fsp3) is 0. The molecule has 25 heavy (non-hydrogen) atoms. The molecule has 5 N–H and O–H groups in total. The van der Waals surface area contributed by atoms with Crippen molar-refractivity contribution in [1.82, 2.24) is 0 Å². The maximum atomic E-state index is 12.4. The zero-order chi connectivity index (χ0) is 18.2. The van der Waals surface area contributed by atoms with E-state index >= 15 is 0 Å². The van der Waals surface area contributed by atoms with E-state index in [0.29, 0.717) is 5.69 Å². The first-order valence-electron chi connectivity index (χ1n) is 7.16. The van der Waals surface area contributed by atoms with Crippen LogP contribution in [0, 0.1) is 0 Å². The van der Waals surface area contributed by atoms with Crippen LogP contribution in [0.25, 0.3) is 10.8 Å². The Morgan fingerprint density at radius 2 is 1.72 bits per heavy atom. The van der Waals surface area contributed by atoms with Gasteiger partial charge in [-0.1, -0.05) is 18.2 Å². The SMILES string of the molecule is Nc1cccc(C(=O)Nc2c(O)ccc3c(S(=O)(=O)O)cccc23)c1. The van der Waals surface area contributed by atoms with Gasteiger partial charge >= 0.3 is 0 Å². The third-order valence-electron chi connectivity index (χ3n) is 3.66. The van der Waals surface area contributed by atoms with Gasteiger partial charge in [0, 0.05) is 22.0 Å². The summed E-state index contributed by atoms with van der Waals surface area (Å²) >= 11 is 0. The highest BCUT2D eigenvalue weighted by atomic mass is 32.2. The lowest BCUT2D eigenvalue weighted by molar-refractivity contribution is 0.102. The molecule has 0 aliphatic heterocycles. The average Bonchev–Trinajstić information content (AvgIpc) is 2.56. The van der Waals surface area contributed by atoms with Gasteiger partial charge in [-0.3, -0.25) is 9.35 Å². The Kier molecular flexibility index (Phi) is 4.07. The molecule has 3 aromatic rings. The van der Waals surface area contributed by atoms with Crippen LogP contribution in [-0.2, 0) is 10.1 Å². The molecule has 0 radical (unpaired) electrons. The molecule has 0 heterocycles. The third kappa shape index (κ3) is 3.25. The number of hydrogen-bond acceptors (Lipinski definition) is 5. The second-order valence-corrected chi connectivity index (χ2v) is 6.76. The van der Waals surface area contributed by atoms with Crippen molar-refractivity contribution in [1.29, 1.82) is 0 Å². The highest BCUT2D eigenvalue weighted by Gasteiger charge is 2.18. The summed E-state index contributed by atoms with van der Waals surface area (Å²) in [6.45, 7) is 0. The van der Waals surface area contributed by atoms with Crippen LogP contribution in [0.2, 0.25) is 0 Å². The molecule has 0 aromatic heterocycles. The van der Waals surface area contributed by atoms with Gasteiger partial charge in [0.25, 0.3) is 16.0 Å². The first-order valence-corrected chi connectivity index (χ1v) is 8.60. The molecule has 0 atom stereocenters. The van der Waals surface area contributed by atoms with Crippen molar-refractivity contribution in [2.45, 2.75) is 4.90 Å². The number of nitrogen functional groups attached to an aromatic ring is 1. The molecular formula is C17H14N2O5S. The molecule has 0 saturated heterocycles. The van der Waals surface area contributed by atoms with Gasteiger partial charge in [-0.15, -0.1) is 0 Å². The van der Waals surface area contributed by atoms with E-state index < -0.39 is 16.0 Å². The Morgan fingerprint density at radius 3 is 2.40 bits per heavy atom. The largest absolute Gasteiger partial charge is 0.506 e. The third-order valence-corrected chi connectivity index (χ3v) is 4.58. The van der Waals surface area contributed by atoms with E-state index in [2.05, 4.69) is 5.32 Å². The summed E-state index contributed by atoms with van der Waals surface area (Å²) in [5, 5.41) is 13.1. The maximum absolute atomic E-state index is 12.4. The van der Waals surface area contributed by atoms with Gasteiger partial charge in [-0.25, -0.2) is 0 Å². The minimum Gasteiger partial charge on any atom is -0.506 e. The number of nitrogens with two attached hydrogens (primary N) is 1. The number of phenolic OH excluding ortho intramolecular Hbond substituents is 1. The molecule has 0 saturated carbocycles. The number of anilines is 2. The topological polar surface area (TPSA) is 130 Å². The Hall–Kier alpha value is -3.10. The van der Waals surface area contributed by atoms with Gasteiger partial charge in [0.15, 0.2) is 0 Å². The number of benzene rings is 3. The van der Waals surface area contributed by atoms with Gasteiger partial charge in [-0.05, 0) is 36.4 Å². The molecule has 8 heteroatoms. The molecule has 0 unspecified atom stereocenters. The molecule has 3 aromatic carbocycles. The van der Waals surface area contributed by atoms with E-state index in [0.717, 1.165) is 0 Å². The predicted octanol–water partition coefficient (Wildman–Crippen LogP) is 2.63. The number of hydrogen-bond donors (Lipinski definition) is 4. The lowest BCUT2D eigenvalue weighted by atomic mass is 10.1. The van der Waals surface area contributed by atoms with Crippen molar-refractivity contribution in [3.8, 4) is 5.75 Å². The maximum Gasteiger partial charge on any atom is 0.295 e. The Labute approximate surface area is 143 Å². The molecule has 0 aliphatic carbocycles. The molecule has 0 bridgehead atoms. The lowest BCUT2D eigenvalue weighted by Gasteiger charge is -2.12. The predicted molar refractivity (Wildman–Crippen MR) is 94.2 cm³/mol. The van der Waals surface area contributed by atoms with Crippen LogP contribution in [-0.4, -0.2) is 24.0 Å². The monoisotopic (exact) mass is 358 g/mol. The summed E-state index contributed by atoms with van der Waals surface area (Å²) in [4.78, 5) is 12.1. The number of aromatic hydroxyl groups is 1. The summed E-state index contributed by atoms with van der Waals surface area (Å²) in [5.41, 5.74) is 6.38. The van der Waals surface area contributed by atoms with Crippen LogP contribution in [0.3, 0.4) is 0 Å². The van der Waals surface area contributed by atoms with E-state index in [1.165, 1.54) is 36.4 Å². The Morgan fingerprint density at radius 1 is 1.00 bits per heavy atom. The van der Waals surface area contributed by atoms with Gasteiger partial charge in [0.2, 0.25) is 0 Å². The standard InChI is InChI=1S/C17H14N2O5S/c18-11-4-1-3-10(9-11)17(21)19-16-13-5-2-6-15(25(22,23)24)12(13)7-8-14(16)20/h1-9,20H,18H2,(H,19,21)(H,22,23,24). The van der Waals surface area contributed by atoms with Crippen LogP contribution in [0.1, 0.15) is 10.4 Å². The van der Waals surface area contributed by atoms with E-state index in [1.54, 1.807) is 18.2 Å². The van der Waals surface area contributed by atoms with E-state index in [4.69, 9.17) is 5.73 Å². The quantitative estimate of drug-likeness (QED) is 0.323. The normalized spacial score (nSPS) is 11.4. The van der Waals surface area contributed by atoms with Crippen LogP contribution in [0.4, 0.5) is 11.4 Å². The van der Waals surface area contributed by atoms with Crippen molar-refractivity contribution in [3.05, 3.63) is 60.2 Å². The molecule has 0 fully saturated rings. The van der Waals surface area contributed by atoms with E-state index in [-0.39, 0.29) is 32.7 Å². The molecule has 0 spiro atoms. The smallest absolute Gasteiger partial charge is 0.295 e. The fourth-order valence-electron chi connectivity index (χ4n) is 2.54. The minimum absolute atomic E-state index is 0.0374. The average molecular weight is 358 g/mol. The van der Waals surface area contributed by atoms with Crippen molar-refractivity contribution in [3.63, 3.8) is 0 Å². The minimum atomic E-state index is -4.46. The fourth-order valence-corrected chi connectivity index (χ4v) is 3.25. The number of carbonyl (C=O) groups is 1. The summed E-state index contributed by atoms with van der Waals surface area (Å²) in [6.07, 6.45) is 0. The molecule has 3 rings (SSSR count). The van der Waals surface area contributed by atoms with Crippen molar-refractivity contribution in [2.75, 3.05) is 11.1 Å². The second kappa shape index (κ2) is 6.08. The molecule has 128 valence electrons. The van der Waals surface area contributed by atoms with Crippen LogP contribution >= 0.6 is 0 Å². The number of carbonyl (C=O) groups excluding carboxylic acids is 1. The summed E-state index contributed by atoms with van der Waals surface area (Å²) in [6, 6.07) is 13.0. The first kappa shape index (κ1) is 16.7. The summed E-state index contributed by atoms with van der Waals surface area (Å²) < 4.78 is 32.4. The van der Waals surface area contributed by atoms with Crippen LogP contribution < -0.4 is 11.1 Å². The van der Waals surface area contributed by atoms with E-state index in [9.17, 15) is 22.9 Å². The summed E-state index contributed by atoms with van der Waals surface area (Å²) in [7, 11) is -4.46. The number of rotatable bonds is 3. The zero-order valence-corrected chi connectivity index (χ0v) is 13.6. The van der Waals surface area contributed by atoms with Gasteiger partial charge in [-0.2, -0.15) is 8.42 Å².